The van der Waals surface area contributed by atoms with Gasteiger partial charge in [0, 0.05) is 39.8 Å². The van der Waals surface area contributed by atoms with Gasteiger partial charge in [0.1, 0.15) is 0 Å². The van der Waals surface area contributed by atoms with Gasteiger partial charge in [-0.15, -0.1) is 0 Å². The van der Waals surface area contributed by atoms with Gasteiger partial charge in [0.05, 0.1) is 5.91 Å². The summed E-state index contributed by atoms with van der Waals surface area (Å²) >= 11 is 0. The topological polar surface area (TPSA) is 29.1 Å². The molecule has 8 heavy (non-hydrogen) atoms. The van der Waals surface area contributed by atoms with Crippen molar-refractivity contribution in [3.8, 4) is 0 Å². The zero-order chi connectivity index (χ0) is 5.86. The van der Waals surface area contributed by atoms with E-state index in [0.717, 1.165) is 5.92 Å². The molecule has 1 N–H and O–H groups in total. The van der Waals surface area contributed by atoms with Crippen molar-refractivity contribution in [3.63, 3.8) is 0 Å². The minimum atomic E-state index is 0. The van der Waals surface area contributed by atoms with Crippen LogP contribution in [0.2, 0.25) is 0 Å². The largest absolute Gasteiger partial charge is 0.384 e. The van der Waals surface area contributed by atoms with Gasteiger partial charge in [0.2, 0.25) is 0 Å². The van der Waals surface area contributed by atoms with E-state index >= 15 is 0 Å². The minimum absolute atomic E-state index is 0. The van der Waals surface area contributed by atoms with Crippen molar-refractivity contribution in [2.24, 2.45) is 0 Å². The number of carbonyl (C=O) groups is 1. The van der Waals surface area contributed by atoms with E-state index in [-0.39, 0.29) is 38.6 Å². The number of hydrogen-bond acceptors (Lipinski definition) is 1. The van der Waals surface area contributed by atoms with Gasteiger partial charge in [-0.2, -0.15) is 13.8 Å². The van der Waals surface area contributed by atoms with Crippen molar-refractivity contribution in [1.29, 1.82) is 0 Å². The maximum absolute atomic E-state index is 10.4. The average Bonchev–Trinajstić information content (AvgIpc) is 1.65. The van der Waals surface area contributed by atoms with E-state index in [2.05, 4.69) is 5.32 Å². The molecule has 0 bridgehead atoms. The number of nitrogens with one attached hydrogen (secondary N) is 1. The molecule has 0 heterocycles. The standard InChI is InChI=1S/C5H10NO.Y/c1-4(2)5(7)6-3;/h1-3H3,(H,6,7);/q-1;. The van der Waals surface area contributed by atoms with Crippen LogP contribution in [0.15, 0.2) is 0 Å². The fraction of sp³-hybridized carbons (Fsp3) is 0.600. The second kappa shape index (κ2) is 5.58. The Balaban J connectivity index is 0. The Labute approximate surface area is 75.3 Å². The smallest absolute Gasteiger partial charge is 0.0844 e. The molecule has 0 unspecified atom stereocenters. The minimum Gasteiger partial charge on any atom is -0.384 e. The van der Waals surface area contributed by atoms with Crippen LogP contribution in [-0.2, 0) is 37.5 Å². The van der Waals surface area contributed by atoms with Crippen LogP contribution in [0.3, 0.4) is 0 Å². The molecule has 0 aliphatic heterocycles. The fourth-order valence-corrected chi connectivity index (χ4v) is 0.250. The predicted molar refractivity (Wildman–Crippen MR) is 28.7 cm³/mol. The van der Waals surface area contributed by atoms with Crippen LogP contribution in [-0.4, -0.2) is 13.0 Å². The summed E-state index contributed by atoms with van der Waals surface area (Å²) in [6.45, 7) is 3.55. The summed E-state index contributed by atoms with van der Waals surface area (Å²) in [5.41, 5.74) is 0. The first kappa shape index (κ1) is 11.3. The predicted octanol–water partition coefficient (Wildman–Crippen LogP) is 0.344. The molecule has 0 aromatic rings. The van der Waals surface area contributed by atoms with E-state index in [4.69, 9.17) is 0 Å². The summed E-state index contributed by atoms with van der Waals surface area (Å²) in [6.07, 6.45) is 0. The van der Waals surface area contributed by atoms with Crippen molar-refractivity contribution in [1.82, 2.24) is 5.32 Å². The molecule has 0 fully saturated rings. The van der Waals surface area contributed by atoms with Gasteiger partial charge >= 0.3 is 0 Å². The molecule has 0 aromatic heterocycles. The molecule has 3 heteroatoms. The molecule has 0 aliphatic carbocycles. The first-order valence-electron chi connectivity index (χ1n) is 2.20. The summed E-state index contributed by atoms with van der Waals surface area (Å²) < 4.78 is 0. The molecule has 0 atom stereocenters. The zero-order valence-corrected chi connectivity index (χ0v) is 8.32. The molecule has 0 saturated carbocycles. The second-order valence-corrected chi connectivity index (χ2v) is 1.58. The van der Waals surface area contributed by atoms with E-state index < -0.39 is 0 Å². The summed E-state index contributed by atoms with van der Waals surface area (Å²) in [4.78, 5) is 10.4. The van der Waals surface area contributed by atoms with Gasteiger partial charge in [0.25, 0.3) is 0 Å². The van der Waals surface area contributed by atoms with Gasteiger partial charge in [-0.25, -0.2) is 0 Å². The Kier molecular flexibility index (Phi) is 7.86. The Hall–Kier alpha value is 0.444. The third-order valence-corrected chi connectivity index (χ3v) is 0.681. The van der Waals surface area contributed by atoms with Gasteiger partial charge in [-0.05, 0) is 0 Å². The second-order valence-electron chi connectivity index (χ2n) is 1.58. The van der Waals surface area contributed by atoms with E-state index in [0.29, 0.717) is 0 Å². The molecule has 45 valence electrons. The molecule has 0 aromatic carbocycles. The van der Waals surface area contributed by atoms with Crippen molar-refractivity contribution in [2.75, 3.05) is 7.05 Å². The van der Waals surface area contributed by atoms with Crippen molar-refractivity contribution in [3.05, 3.63) is 5.92 Å². The van der Waals surface area contributed by atoms with E-state index in [1.807, 2.05) is 0 Å². The average molecular weight is 189 g/mol. The summed E-state index contributed by atoms with van der Waals surface area (Å²) in [5, 5.41) is 2.49. The molecular formula is C5H10NOY-. The fourth-order valence-electron chi connectivity index (χ4n) is 0.250. The summed E-state index contributed by atoms with van der Waals surface area (Å²) in [5.74, 6) is 0.808. The SMILES string of the molecule is CNC(=O)[C-](C)C.[Y]. The molecular weight excluding hydrogens is 179 g/mol. The molecule has 0 aliphatic rings. The van der Waals surface area contributed by atoms with E-state index in [9.17, 15) is 4.79 Å². The third-order valence-electron chi connectivity index (χ3n) is 0.681. The molecule has 2 nitrogen and oxygen atoms in total. The Morgan fingerprint density at radius 2 is 1.88 bits per heavy atom. The Morgan fingerprint density at radius 3 is 1.88 bits per heavy atom. The molecule has 0 spiro atoms. The molecule has 0 saturated heterocycles. The van der Waals surface area contributed by atoms with Crippen molar-refractivity contribution >= 4 is 5.91 Å². The van der Waals surface area contributed by atoms with Gasteiger partial charge in [-0.1, -0.05) is 0 Å². The van der Waals surface area contributed by atoms with Gasteiger partial charge < -0.3 is 10.1 Å². The van der Waals surface area contributed by atoms with E-state index in [1.54, 1.807) is 20.9 Å². The third kappa shape index (κ3) is 4.60. The zero-order valence-electron chi connectivity index (χ0n) is 5.49. The van der Waals surface area contributed by atoms with Crippen LogP contribution < -0.4 is 5.32 Å². The Morgan fingerprint density at radius 1 is 1.50 bits per heavy atom. The maximum atomic E-state index is 10.4. The molecule has 0 rings (SSSR count). The number of hydrogen-bond donors (Lipinski definition) is 1. The summed E-state index contributed by atoms with van der Waals surface area (Å²) in [6, 6.07) is 0. The molecule has 1 radical (unpaired) electrons. The number of carbonyl (C=O) groups excluding carboxylic acids is 1. The monoisotopic (exact) mass is 189 g/mol. The van der Waals surface area contributed by atoms with Crippen LogP contribution in [0.1, 0.15) is 13.8 Å². The van der Waals surface area contributed by atoms with Crippen LogP contribution in [0, 0.1) is 5.92 Å². The first-order chi connectivity index (χ1) is 3.18. The van der Waals surface area contributed by atoms with Gasteiger partial charge in [0.15, 0.2) is 0 Å². The Bertz CT molecular complexity index is 72.8. The van der Waals surface area contributed by atoms with Crippen LogP contribution in [0.4, 0.5) is 0 Å². The van der Waals surface area contributed by atoms with E-state index in [1.165, 1.54) is 0 Å². The number of rotatable bonds is 1. The van der Waals surface area contributed by atoms with Gasteiger partial charge in [-0.3, -0.25) is 5.92 Å². The summed E-state index contributed by atoms with van der Waals surface area (Å²) in [7, 11) is 1.62. The van der Waals surface area contributed by atoms with Crippen molar-refractivity contribution < 1.29 is 37.5 Å². The van der Waals surface area contributed by atoms with Crippen LogP contribution >= 0.6 is 0 Å². The van der Waals surface area contributed by atoms with Crippen molar-refractivity contribution in [2.45, 2.75) is 13.8 Å². The van der Waals surface area contributed by atoms with Crippen LogP contribution in [0.25, 0.3) is 0 Å². The maximum Gasteiger partial charge on any atom is 0.0844 e. The first-order valence-corrected chi connectivity index (χ1v) is 2.20. The quantitative estimate of drug-likeness (QED) is 0.592. The normalized spacial score (nSPS) is 6.88. The molecule has 1 amide bonds. The van der Waals surface area contributed by atoms with Crippen LogP contribution in [0.5, 0.6) is 0 Å². The number of amides is 1.